The summed E-state index contributed by atoms with van der Waals surface area (Å²) in [6.07, 6.45) is 6.00. The molecule has 2 nitrogen and oxygen atoms in total. The Kier molecular flexibility index (Phi) is 8.60. The fraction of sp³-hybridized carbons (Fsp3) is 0.545. The van der Waals surface area contributed by atoms with Crippen LogP contribution in [-0.4, -0.2) is 18.5 Å². The third-order valence-electron chi connectivity index (χ3n) is 4.51. The van der Waals surface area contributed by atoms with Crippen LogP contribution in [0.5, 0.6) is 11.5 Å². The number of hydrogen-bond acceptors (Lipinski definition) is 2. The highest BCUT2D eigenvalue weighted by atomic mass is 79.9. The number of aryl methyl sites for hydroxylation is 1. The molecule has 0 bridgehead atoms. The molecular formula is C22H31BrO2. The van der Waals surface area contributed by atoms with Crippen molar-refractivity contribution in [2.75, 3.05) is 18.5 Å². The van der Waals surface area contributed by atoms with Gasteiger partial charge in [-0.05, 0) is 37.3 Å². The number of hydrogen-bond donors (Lipinski definition) is 0. The Morgan fingerprint density at radius 1 is 1.04 bits per heavy atom. The number of halogens is 1. The molecule has 0 N–H and O–H groups in total. The third kappa shape index (κ3) is 5.91. The van der Waals surface area contributed by atoms with Crippen molar-refractivity contribution in [2.45, 2.75) is 52.9 Å². The molecular weight excluding hydrogens is 376 g/mol. The van der Waals surface area contributed by atoms with Crippen molar-refractivity contribution in [3.8, 4) is 11.5 Å². The van der Waals surface area contributed by atoms with Crippen LogP contribution in [0.1, 0.15) is 51.5 Å². The zero-order valence-corrected chi connectivity index (χ0v) is 17.4. The minimum Gasteiger partial charge on any atom is -0.493 e. The Balaban J connectivity index is 2.15. The first-order valence-electron chi connectivity index (χ1n) is 9.51. The van der Waals surface area contributed by atoms with Crippen molar-refractivity contribution in [3.05, 3.63) is 35.9 Å². The van der Waals surface area contributed by atoms with E-state index in [0.29, 0.717) is 5.92 Å². The quantitative estimate of drug-likeness (QED) is 0.298. The highest BCUT2D eigenvalue weighted by Crippen LogP contribution is 2.36. The number of unbranched alkanes of at least 4 members (excludes halogenated alkanes) is 3. The molecule has 0 aliphatic carbocycles. The van der Waals surface area contributed by atoms with Crippen LogP contribution in [0, 0.1) is 12.8 Å². The monoisotopic (exact) mass is 406 g/mol. The lowest BCUT2D eigenvalue weighted by atomic mass is 10.0. The van der Waals surface area contributed by atoms with E-state index in [9.17, 15) is 0 Å². The van der Waals surface area contributed by atoms with Gasteiger partial charge in [-0.25, -0.2) is 0 Å². The van der Waals surface area contributed by atoms with Gasteiger partial charge in [0.15, 0.2) is 0 Å². The average molecular weight is 407 g/mol. The molecule has 0 saturated heterocycles. The van der Waals surface area contributed by atoms with Gasteiger partial charge in [0.05, 0.1) is 13.2 Å². The second-order valence-electron chi connectivity index (χ2n) is 6.87. The zero-order valence-electron chi connectivity index (χ0n) is 15.8. The first kappa shape index (κ1) is 20.1. The van der Waals surface area contributed by atoms with Crippen LogP contribution in [0.3, 0.4) is 0 Å². The average Bonchev–Trinajstić information content (AvgIpc) is 2.61. The van der Waals surface area contributed by atoms with Gasteiger partial charge in [0, 0.05) is 16.1 Å². The van der Waals surface area contributed by atoms with Crippen molar-refractivity contribution in [1.82, 2.24) is 0 Å². The summed E-state index contributed by atoms with van der Waals surface area (Å²) in [5, 5.41) is 3.31. The highest BCUT2D eigenvalue weighted by molar-refractivity contribution is 9.09. The second kappa shape index (κ2) is 10.7. The van der Waals surface area contributed by atoms with Gasteiger partial charge in [0.25, 0.3) is 0 Å². The molecule has 1 unspecified atom stereocenters. The van der Waals surface area contributed by atoms with Crippen LogP contribution in [0.4, 0.5) is 0 Å². The van der Waals surface area contributed by atoms with E-state index in [1.54, 1.807) is 0 Å². The molecule has 2 aromatic rings. The maximum Gasteiger partial charge on any atom is 0.130 e. The van der Waals surface area contributed by atoms with Crippen molar-refractivity contribution in [2.24, 2.45) is 5.92 Å². The topological polar surface area (TPSA) is 18.5 Å². The maximum atomic E-state index is 6.15. The van der Waals surface area contributed by atoms with Crippen LogP contribution in [0.2, 0.25) is 0 Å². The molecule has 0 aromatic heterocycles. The molecule has 0 heterocycles. The summed E-state index contributed by atoms with van der Waals surface area (Å²) in [5.74, 6) is 2.51. The predicted molar refractivity (Wildman–Crippen MR) is 111 cm³/mol. The Labute approximate surface area is 161 Å². The van der Waals surface area contributed by atoms with Crippen molar-refractivity contribution < 1.29 is 9.47 Å². The lowest BCUT2D eigenvalue weighted by molar-refractivity contribution is 0.259. The number of rotatable bonds is 11. The number of ether oxygens (including phenoxy) is 2. The summed E-state index contributed by atoms with van der Waals surface area (Å²) in [6.45, 7) is 8.10. The van der Waals surface area contributed by atoms with E-state index in [1.807, 2.05) is 0 Å². The predicted octanol–water partition coefficient (Wildman–Crippen LogP) is 6.91. The maximum absolute atomic E-state index is 6.15. The summed E-state index contributed by atoms with van der Waals surface area (Å²) in [4.78, 5) is 0. The molecule has 2 aromatic carbocycles. The van der Waals surface area contributed by atoms with Crippen molar-refractivity contribution in [3.63, 3.8) is 0 Å². The van der Waals surface area contributed by atoms with Crippen LogP contribution in [-0.2, 0) is 0 Å². The van der Waals surface area contributed by atoms with Gasteiger partial charge in [-0.2, -0.15) is 0 Å². The molecule has 0 radical (unpaired) electrons. The molecule has 1 atom stereocenters. The van der Waals surface area contributed by atoms with E-state index in [1.165, 1.54) is 19.3 Å². The number of alkyl halides is 1. The zero-order chi connectivity index (χ0) is 18.1. The summed E-state index contributed by atoms with van der Waals surface area (Å²) >= 11 is 3.50. The molecule has 0 aliphatic rings. The van der Waals surface area contributed by atoms with Gasteiger partial charge in [0.2, 0.25) is 0 Å². The Morgan fingerprint density at radius 3 is 2.52 bits per heavy atom. The number of benzene rings is 2. The molecule has 0 spiro atoms. The summed E-state index contributed by atoms with van der Waals surface area (Å²) < 4.78 is 12.3. The Morgan fingerprint density at radius 2 is 1.80 bits per heavy atom. The fourth-order valence-electron chi connectivity index (χ4n) is 2.96. The highest BCUT2D eigenvalue weighted by Gasteiger charge is 2.12. The lowest BCUT2D eigenvalue weighted by Gasteiger charge is -2.18. The smallest absolute Gasteiger partial charge is 0.130 e. The molecule has 0 fully saturated rings. The molecule has 0 amide bonds. The first-order chi connectivity index (χ1) is 12.2. The summed E-state index contributed by atoms with van der Waals surface area (Å²) in [6, 6.07) is 10.5. The SMILES string of the molecule is CCCCCCOc1c(C)cc(OCC(C)CCBr)c2ccccc12. The molecule has 0 saturated carbocycles. The van der Waals surface area contributed by atoms with E-state index in [4.69, 9.17) is 9.47 Å². The molecule has 3 heteroatoms. The van der Waals surface area contributed by atoms with Crippen molar-refractivity contribution in [1.29, 1.82) is 0 Å². The normalized spacial score (nSPS) is 12.3. The van der Waals surface area contributed by atoms with Crippen molar-refractivity contribution >= 4 is 26.7 Å². The van der Waals surface area contributed by atoms with E-state index in [2.05, 4.69) is 67.0 Å². The first-order valence-corrected chi connectivity index (χ1v) is 10.6. The largest absolute Gasteiger partial charge is 0.493 e. The van der Waals surface area contributed by atoms with E-state index < -0.39 is 0 Å². The third-order valence-corrected chi connectivity index (χ3v) is 4.97. The van der Waals surface area contributed by atoms with Gasteiger partial charge in [-0.3, -0.25) is 0 Å². The molecule has 138 valence electrons. The van der Waals surface area contributed by atoms with Crippen LogP contribution < -0.4 is 9.47 Å². The van der Waals surface area contributed by atoms with Gasteiger partial charge in [-0.1, -0.05) is 73.3 Å². The minimum absolute atomic E-state index is 0.535. The van der Waals surface area contributed by atoms with E-state index in [-0.39, 0.29) is 0 Å². The standard InChI is InChI=1S/C22H31BrO2/c1-4-5-6-9-14-24-22-18(3)15-21(25-16-17(2)12-13-23)19-10-7-8-11-20(19)22/h7-8,10-11,15,17H,4-6,9,12-14,16H2,1-3H3. The van der Waals surface area contributed by atoms with E-state index >= 15 is 0 Å². The van der Waals surface area contributed by atoms with Crippen LogP contribution >= 0.6 is 15.9 Å². The lowest BCUT2D eigenvalue weighted by Crippen LogP contribution is -2.09. The molecule has 0 aliphatic heterocycles. The Hall–Kier alpha value is -1.22. The minimum atomic E-state index is 0.535. The van der Waals surface area contributed by atoms with Gasteiger partial charge in [-0.15, -0.1) is 0 Å². The molecule has 2 rings (SSSR count). The Bertz CT molecular complexity index is 654. The van der Waals surface area contributed by atoms with Gasteiger partial charge < -0.3 is 9.47 Å². The summed E-state index contributed by atoms with van der Waals surface area (Å²) in [5.41, 5.74) is 1.15. The number of fused-ring (bicyclic) bond motifs is 1. The van der Waals surface area contributed by atoms with Crippen LogP contribution in [0.25, 0.3) is 10.8 Å². The van der Waals surface area contributed by atoms with Gasteiger partial charge in [0.1, 0.15) is 11.5 Å². The second-order valence-corrected chi connectivity index (χ2v) is 7.66. The van der Waals surface area contributed by atoms with E-state index in [0.717, 1.165) is 59.2 Å². The van der Waals surface area contributed by atoms with Gasteiger partial charge >= 0.3 is 0 Å². The van der Waals surface area contributed by atoms with Crippen LogP contribution in [0.15, 0.2) is 30.3 Å². The summed E-state index contributed by atoms with van der Waals surface area (Å²) in [7, 11) is 0. The molecule has 25 heavy (non-hydrogen) atoms. The fourth-order valence-corrected chi connectivity index (χ4v) is 3.75.